The van der Waals surface area contributed by atoms with Gasteiger partial charge in [-0.05, 0) is 44.2 Å². The second-order valence-electron chi connectivity index (χ2n) is 4.50. The van der Waals surface area contributed by atoms with Crippen LogP contribution in [0.1, 0.15) is 30.5 Å². The molecule has 1 N–H and O–H groups in total. The predicted molar refractivity (Wildman–Crippen MR) is 72.1 cm³/mol. The molecule has 0 heterocycles. The van der Waals surface area contributed by atoms with Gasteiger partial charge in [0, 0.05) is 25.3 Å². The summed E-state index contributed by atoms with van der Waals surface area (Å²) in [5.41, 5.74) is 2.52. The van der Waals surface area contributed by atoms with Gasteiger partial charge in [-0.25, -0.2) is 4.39 Å². The number of nitrogens with zero attached hydrogens (tertiary/aromatic N) is 2. The number of halogens is 1. The van der Waals surface area contributed by atoms with Crippen LogP contribution in [0.25, 0.3) is 0 Å². The molecule has 0 saturated carbocycles. The van der Waals surface area contributed by atoms with Crippen LogP contribution in [0.15, 0.2) is 12.1 Å². The maximum absolute atomic E-state index is 13.7. The Hall–Kier alpha value is -1.60. The molecule has 1 aromatic rings. The van der Waals surface area contributed by atoms with Gasteiger partial charge in [0.05, 0.1) is 12.5 Å². The quantitative estimate of drug-likeness (QED) is 0.872. The van der Waals surface area contributed by atoms with Crippen molar-refractivity contribution < 1.29 is 4.39 Å². The molecule has 1 rings (SSSR count). The average Bonchev–Trinajstić information content (AvgIpc) is 2.37. The van der Waals surface area contributed by atoms with Gasteiger partial charge in [-0.2, -0.15) is 5.26 Å². The lowest BCUT2D eigenvalue weighted by Gasteiger charge is -2.25. The molecular formula is C14H20FN3. The Morgan fingerprint density at radius 1 is 1.50 bits per heavy atom. The first-order chi connectivity index (χ1) is 8.51. The summed E-state index contributed by atoms with van der Waals surface area (Å²) in [5.74, 6) is -0.190. The normalized spacial score (nSPS) is 12.0. The number of anilines is 1. The standard InChI is InChI=1S/C14H20FN3/c1-10-8-14(18(4)7-5-6-16)12(9-13(10)15)11(2)17-3/h8-9,11,17H,5,7H2,1-4H3. The van der Waals surface area contributed by atoms with Gasteiger partial charge in [0.25, 0.3) is 0 Å². The fourth-order valence-electron chi connectivity index (χ4n) is 1.85. The molecule has 0 amide bonds. The van der Waals surface area contributed by atoms with Gasteiger partial charge in [-0.15, -0.1) is 0 Å². The number of nitriles is 1. The minimum atomic E-state index is -0.190. The molecule has 0 aliphatic rings. The number of aryl methyl sites for hydroxylation is 1. The molecule has 1 atom stereocenters. The number of nitrogens with one attached hydrogen (secondary N) is 1. The lowest BCUT2D eigenvalue weighted by molar-refractivity contribution is 0.600. The molecule has 0 saturated heterocycles. The maximum atomic E-state index is 13.7. The molecule has 3 nitrogen and oxygen atoms in total. The van der Waals surface area contributed by atoms with Crippen LogP contribution in [-0.4, -0.2) is 20.6 Å². The van der Waals surface area contributed by atoms with Crippen molar-refractivity contribution in [1.29, 1.82) is 5.26 Å². The van der Waals surface area contributed by atoms with Crippen molar-refractivity contribution in [1.82, 2.24) is 5.32 Å². The van der Waals surface area contributed by atoms with Gasteiger partial charge in [-0.1, -0.05) is 0 Å². The van der Waals surface area contributed by atoms with Gasteiger partial charge in [0.1, 0.15) is 5.82 Å². The molecule has 98 valence electrons. The van der Waals surface area contributed by atoms with Gasteiger partial charge in [0.15, 0.2) is 0 Å². The molecule has 0 radical (unpaired) electrons. The van der Waals surface area contributed by atoms with Crippen LogP contribution in [-0.2, 0) is 0 Å². The SMILES string of the molecule is CNC(C)c1cc(F)c(C)cc1N(C)CCC#N. The second kappa shape index (κ2) is 6.36. The Bertz CT molecular complexity index is 451. The van der Waals surface area contributed by atoms with Crippen molar-refractivity contribution in [2.24, 2.45) is 0 Å². The van der Waals surface area contributed by atoms with Crippen LogP contribution in [0, 0.1) is 24.1 Å². The smallest absolute Gasteiger partial charge is 0.126 e. The third-order valence-electron chi connectivity index (χ3n) is 3.18. The first-order valence-electron chi connectivity index (χ1n) is 6.06. The first kappa shape index (κ1) is 14.5. The van der Waals surface area contributed by atoms with Crippen LogP contribution < -0.4 is 10.2 Å². The zero-order valence-electron chi connectivity index (χ0n) is 11.4. The lowest BCUT2D eigenvalue weighted by atomic mass is 10.0. The molecular weight excluding hydrogens is 229 g/mol. The molecule has 0 spiro atoms. The van der Waals surface area contributed by atoms with E-state index in [1.165, 1.54) is 0 Å². The summed E-state index contributed by atoms with van der Waals surface area (Å²) in [6, 6.07) is 5.62. The number of hydrogen-bond acceptors (Lipinski definition) is 3. The van der Waals surface area contributed by atoms with E-state index in [0.717, 1.165) is 11.3 Å². The van der Waals surface area contributed by atoms with E-state index in [9.17, 15) is 4.39 Å². The van der Waals surface area contributed by atoms with Crippen LogP contribution in [0.3, 0.4) is 0 Å². The zero-order valence-corrected chi connectivity index (χ0v) is 11.4. The highest BCUT2D eigenvalue weighted by Gasteiger charge is 2.15. The van der Waals surface area contributed by atoms with Crippen LogP contribution in [0.2, 0.25) is 0 Å². The lowest BCUT2D eigenvalue weighted by Crippen LogP contribution is -2.23. The highest BCUT2D eigenvalue weighted by atomic mass is 19.1. The second-order valence-corrected chi connectivity index (χ2v) is 4.50. The largest absolute Gasteiger partial charge is 0.373 e. The van der Waals surface area contributed by atoms with Crippen molar-refractivity contribution in [3.05, 3.63) is 29.1 Å². The Kier molecular flexibility index (Phi) is 5.11. The van der Waals surface area contributed by atoms with Crippen molar-refractivity contribution in [3.8, 4) is 6.07 Å². The third-order valence-corrected chi connectivity index (χ3v) is 3.18. The highest BCUT2D eigenvalue weighted by Crippen LogP contribution is 2.28. The number of hydrogen-bond donors (Lipinski definition) is 1. The maximum Gasteiger partial charge on any atom is 0.126 e. The Balaban J connectivity index is 3.15. The van der Waals surface area contributed by atoms with E-state index in [2.05, 4.69) is 11.4 Å². The topological polar surface area (TPSA) is 39.1 Å². The van der Waals surface area contributed by atoms with Crippen molar-refractivity contribution in [3.63, 3.8) is 0 Å². The summed E-state index contributed by atoms with van der Waals surface area (Å²) in [6.07, 6.45) is 0.459. The van der Waals surface area contributed by atoms with E-state index in [0.29, 0.717) is 18.5 Å². The van der Waals surface area contributed by atoms with E-state index < -0.39 is 0 Å². The molecule has 18 heavy (non-hydrogen) atoms. The van der Waals surface area contributed by atoms with E-state index in [4.69, 9.17) is 5.26 Å². The average molecular weight is 249 g/mol. The molecule has 1 unspecified atom stereocenters. The van der Waals surface area contributed by atoms with Crippen molar-refractivity contribution >= 4 is 5.69 Å². The minimum absolute atomic E-state index is 0.0691. The molecule has 4 heteroatoms. The van der Waals surface area contributed by atoms with Crippen LogP contribution in [0.5, 0.6) is 0 Å². The minimum Gasteiger partial charge on any atom is -0.373 e. The summed E-state index contributed by atoms with van der Waals surface area (Å²) < 4.78 is 13.7. The summed E-state index contributed by atoms with van der Waals surface area (Å²) in [5, 5.41) is 11.8. The van der Waals surface area contributed by atoms with Crippen LogP contribution >= 0.6 is 0 Å². The number of rotatable bonds is 5. The monoisotopic (exact) mass is 249 g/mol. The van der Waals surface area contributed by atoms with Gasteiger partial charge < -0.3 is 10.2 Å². The third kappa shape index (κ3) is 3.21. The van der Waals surface area contributed by atoms with Crippen LogP contribution in [0.4, 0.5) is 10.1 Å². The van der Waals surface area contributed by atoms with E-state index in [1.54, 1.807) is 13.0 Å². The molecule has 0 aromatic heterocycles. The van der Waals surface area contributed by atoms with E-state index in [1.807, 2.05) is 32.0 Å². The highest BCUT2D eigenvalue weighted by molar-refractivity contribution is 5.56. The summed E-state index contributed by atoms with van der Waals surface area (Å²) in [6.45, 7) is 4.39. The predicted octanol–water partition coefficient (Wildman–Crippen LogP) is 2.76. The molecule has 1 aromatic carbocycles. The zero-order chi connectivity index (χ0) is 13.7. The Morgan fingerprint density at radius 2 is 2.17 bits per heavy atom. The fraction of sp³-hybridized carbons (Fsp3) is 0.500. The Labute approximate surface area is 108 Å². The Morgan fingerprint density at radius 3 is 2.72 bits per heavy atom. The van der Waals surface area contributed by atoms with Crippen molar-refractivity contribution in [2.45, 2.75) is 26.3 Å². The summed E-state index contributed by atoms with van der Waals surface area (Å²) in [7, 11) is 3.78. The molecule has 0 fully saturated rings. The molecule has 0 aliphatic carbocycles. The molecule has 0 bridgehead atoms. The summed E-state index contributed by atoms with van der Waals surface area (Å²) in [4.78, 5) is 2.00. The molecule has 0 aliphatic heterocycles. The summed E-state index contributed by atoms with van der Waals surface area (Å²) >= 11 is 0. The fourth-order valence-corrected chi connectivity index (χ4v) is 1.85. The van der Waals surface area contributed by atoms with E-state index in [-0.39, 0.29) is 11.9 Å². The number of benzene rings is 1. The van der Waals surface area contributed by atoms with E-state index >= 15 is 0 Å². The van der Waals surface area contributed by atoms with Crippen molar-refractivity contribution in [2.75, 3.05) is 25.5 Å². The van der Waals surface area contributed by atoms with Gasteiger partial charge in [0.2, 0.25) is 0 Å². The first-order valence-corrected chi connectivity index (χ1v) is 6.06. The van der Waals surface area contributed by atoms with Gasteiger partial charge in [-0.3, -0.25) is 0 Å². The van der Waals surface area contributed by atoms with Gasteiger partial charge >= 0.3 is 0 Å².